The van der Waals surface area contributed by atoms with E-state index >= 15 is 0 Å². The summed E-state index contributed by atoms with van der Waals surface area (Å²) in [4.78, 5) is 11.0. The summed E-state index contributed by atoms with van der Waals surface area (Å²) >= 11 is 0. The average molecular weight is 279 g/mol. The summed E-state index contributed by atoms with van der Waals surface area (Å²) in [6, 6.07) is 7.12. The predicted octanol–water partition coefficient (Wildman–Crippen LogP) is 1.98. The number of aliphatic carboxylic acids is 1. The molecule has 0 aliphatic carbocycles. The highest BCUT2D eigenvalue weighted by Crippen LogP contribution is 2.25. The van der Waals surface area contributed by atoms with Gasteiger partial charge in [0.25, 0.3) is 0 Å². The first-order valence-corrected chi connectivity index (χ1v) is 6.96. The number of hydrogen-bond acceptors (Lipinski definition) is 4. The Morgan fingerprint density at radius 1 is 1.45 bits per heavy atom. The maximum Gasteiger partial charge on any atom is 0.323 e. The van der Waals surface area contributed by atoms with Crippen LogP contribution in [0.2, 0.25) is 0 Å². The van der Waals surface area contributed by atoms with Crippen molar-refractivity contribution in [2.45, 2.75) is 38.5 Å². The molecule has 110 valence electrons. The molecule has 20 heavy (non-hydrogen) atoms. The molecule has 1 aliphatic rings. The second kappa shape index (κ2) is 6.72. The van der Waals surface area contributed by atoms with Crippen molar-refractivity contribution in [1.82, 2.24) is 5.32 Å². The number of carboxylic acids is 1. The first-order chi connectivity index (χ1) is 9.61. The summed E-state index contributed by atoms with van der Waals surface area (Å²) in [7, 11) is 0. The number of nitrogens with one attached hydrogen (secondary N) is 1. The zero-order chi connectivity index (χ0) is 14.5. The monoisotopic (exact) mass is 279 g/mol. The summed E-state index contributed by atoms with van der Waals surface area (Å²) in [6.07, 6.45) is 0.494. The van der Waals surface area contributed by atoms with E-state index in [1.54, 1.807) is 6.92 Å². The molecule has 2 N–H and O–H groups in total. The van der Waals surface area contributed by atoms with Gasteiger partial charge in [0.15, 0.2) is 0 Å². The van der Waals surface area contributed by atoms with Gasteiger partial charge in [-0.3, -0.25) is 10.1 Å². The minimum Gasteiger partial charge on any atom is -0.494 e. The Kier molecular flexibility index (Phi) is 4.98. The van der Waals surface area contributed by atoms with E-state index < -0.39 is 12.0 Å². The van der Waals surface area contributed by atoms with Gasteiger partial charge in [0.1, 0.15) is 11.8 Å². The molecular formula is C15H21NO4. The Labute approximate surface area is 118 Å². The summed E-state index contributed by atoms with van der Waals surface area (Å²) in [5.74, 6) is -0.0323. The molecule has 2 rings (SSSR count). The number of hydrogen-bond donors (Lipinski definition) is 2. The lowest BCUT2D eigenvalue weighted by Gasteiger charge is -2.33. The van der Waals surface area contributed by atoms with Gasteiger partial charge in [-0.15, -0.1) is 0 Å². The minimum atomic E-state index is -0.876. The second-order valence-electron chi connectivity index (χ2n) is 4.97. The van der Waals surface area contributed by atoms with Crippen LogP contribution in [0.25, 0.3) is 0 Å². The summed E-state index contributed by atoms with van der Waals surface area (Å²) < 4.78 is 11.3. The normalized spacial score (nSPS) is 26.2. The van der Waals surface area contributed by atoms with Crippen molar-refractivity contribution in [3.05, 3.63) is 29.8 Å². The molecule has 0 bridgehead atoms. The number of benzene rings is 1. The van der Waals surface area contributed by atoms with E-state index in [1.807, 2.05) is 24.3 Å². The fraction of sp³-hybridized carbons (Fsp3) is 0.533. The van der Waals surface area contributed by atoms with E-state index in [-0.39, 0.29) is 12.2 Å². The summed E-state index contributed by atoms with van der Waals surface area (Å²) in [6.45, 7) is 5.04. The molecule has 1 fully saturated rings. The quantitative estimate of drug-likeness (QED) is 0.862. The molecule has 1 heterocycles. The van der Waals surface area contributed by atoms with Gasteiger partial charge in [0.2, 0.25) is 0 Å². The lowest BCUT2D eigenvalue weighted by molar-refractivity contribution is -0.149. The molecule has 1 saturated heterocycles. The SMILES string of the molecule is CCCOc1ccc(C2CNC(C(=O)O)C(C)O2)cc1. The molecule has 3 atom stereocenters. The van der Waals surface area contributed by atoms with Crippen LogP contribution in [0.1, 0.15) is 31.9 Å². The van der Waals surface area contributed by atoms with E-state index in [1.165, 1.54) is 0 Å². The summed E-state index contributed by atoms with van der Waals surface area (Å²) in [5, 5.41) is 12.0. The van der Waals surface area contributed by atoms with Crippen LogP contribution in [0, 0.1) is 0 Å². The predicted molar refractivity (Wildman–Crippen MR) is 74.9 cm³/mol. The number of carbonyl (C=O) groups is 1. The van der Waals surface area contributed by atoms with Crippen LogP contribution in [0.4, 0.5) is 0 Å². The Bertz CT molecular complexity index is 446. The average Bonchev–Trinajstić information content (AvgIpc) is 2.45. The number of morpholine rings is 1. The number of rotatable bonds is 5. The Hall–Kier alpha value is -1.59. The van der Waals surface area contributed by atoms with Crippen molar-refractivity contribution in [1.29, 1.82) is 0 Å². The Morgan fingerprint density at radius 2 is 2.15 bits per heavy atom. The van der Waals surface area contributed by atoms with Gasteiger partial charge in [0, 0.05) is 6.54 Å². The van der Waals surface area contributed by atoms with Crippen molar-refractivity contribution >= 4 is 5.97 Å². The molecule has 1 aromatic rings. The van der Waals surface area contributed by atoms with Gasteiger partial charge in [0.05, 0.1) is 18.8 Å². The van der Waals surface area contributed by atoms with Gasteiger partial charge >= 0.3 is 5.97 Å². The summed E-state index contributed by atoms with van der Waals surface area (Å²) in [5.41, 5.74) is 1.03. The van der Waals surface area contributed by atoms with Crippen LogP contribution in [-0.4, -0.2) is 36.4 Å². The van der Waals surface area contributed by atoms with Crippen molar-refractivity contribution in [3.8, 4) is 5.75 Å². The Balaban J connectivity index is 1.97. The standard InChI is InChI=1S/C15H21NO4/c1-3-8-19-12-6-4-11(5-7-12)13-9-16-14(15(17)18)10(2)20-13/h4-7,10,13-14,16H,3,8-9H2,1-2H3,(H,17,18). The van der Waals surface area contributed by atoms with E-state index in [0.29, 0.717) is 13.2 Å². The molecule has 5 nitrogen and oxygen atoms in total. The van der Waals surface area contributed by atoms with Crippen molar-refractivity contribution in [3.63, 3.8) is 0 Å². The molecule has 0 spiro atoms. The third kappa shape index (κ3) is 3.49. The fourth-order valence-electron chi connectivity index (χ4n) is 2.27. The molecule has 0 saturated carbocycles. The number of carboxylic acid groups (broad SMARTS) is 1. The van der Waals surface area contributed by atoms with Crippen LogP contribution in [-0.2, 0) is 9.53 Å². The highest BCUT2D eigenvalue weighted by Gasteiger charge is 2.33. The molecule has 5 heteroatoms. The molecule has 0 amide bonds. The minimum absolute atomic E-state index is 0.124. The smallest absolute Gasteiger partial charge is 0.323 e. The first kappa shape index (κ1) is 14.8. The van der Waals surface area contributed by atoms with Gasteiger partial charge < -0.3 is 14.6 Å². The molecule has 0 aromatic heterocycles. The lowest BCUT2D eigenvalue weighted by Crippen LogP contribution is -2.52. The van der Waals surface area contributed by atoms with Crippen LogP contribution < -0.4 is 10.1 Å². The van der Waals surface area contributed by atoms with Crippen molar-refractivity contribution < 1.29 is 19.4 Å². The first-order valence-electron chi connectivity index (χ1n) is 6.96. The van der Waals surface area contributed by atoms with Crippen LogP contribution in [0.5, 0.6) is 5.75 Å². The van der Waals surface area contributed by atoms with E-state index in [2.05, 4.69) is 12.2 Å². The second-order valence-corrected chi connectivity index (χ2v) is 4.97. The van der Waals surface area contributed by atoms with Gasteiger partial charge in [-0.25, -0.2) is 0 Å². The van der Waals surface area contributed by atoms with Crippen LogP contribution in [0.15, 0.2) is 24.3 Å². The molecule has 1 aromatic carbocycles. The molecule has 3 unspecified atom stereocenters. The van der Waals surface area contributed by atoms with Crippen LogP contribution >= 0.6 is 0 Å². The zero-order valence-corrected chi connectivity index (χ0v) is 11.8. The highest BCUT2D eigenvalue weighted by molar-refractivity contribution is 5.74. The third-order valence-corrected chi connectivity index (χ3v) is 3.36. The van der Waals surface area contributed by atoms with Crippen molar-refractivity contribution in [2.75, 3.05) is 13.2 Å². The maximum atomic E-state index is 11.0. The molecular weight excluding hydrogens is 258 g/mol. The van der Waals surface area contributed by atoms with Gasteiger partial charge in [-0.1, -0.05) is 19.1 Å². The van der Waals surface area contributed by atoms with Gasteiger partial charge in [-0.2, -0.15) is 0 Å². The molecule has 0 radical (unpaired) electrons. The fourth-order valence-corrected chi connectivity index (χ4v) is 2.27. The molecule has 1 aliphatic heterocycles. The van der Waals surface area contributed by atoms with Gasteiger partial charge in [-0.05, 0) is 31.0 Å². The highest BCUT2D eigenvalue weighted by atomic mass is 16.5. The number of ether oxygens (including phenoxy) is 2. The Morgan fingerprint density at radius 3 is 2.70 bits per heavy atom. The largest absolute Gasteiger partial charge is 0.494 e. The third-order valence-electron chi connectivity index (χ3n) is 3.36. The van der Waals surface area contributed by atoms with Crippen LogP contribution in [0.3, 0.4) is 0 Å². The van der Waals surface area contributed by atoms with E-state index in [0.717, 1.165) is 17.7 Å². The topological polar surface area (TPSA) is 67.8 Å². The zero-order valence-electron chi connectivity index (χ0n) is 11.8. The van der Waals surface area contributed by atoms with E-state index in [4.69, 9.17) is 14.6 Å². The van der Waals surface area contributed by atoms with Crippen molar-refractivity contribution in [2.24, 2.45) is 0 Å². The van der Waals surface area contributed by atoms with E-state index in [9.17, 15) is 4.79 Å². The maximum absolute atomic E-state index is 11.0. The lowest BCUT2D eigenvalue weighted by atomic mass is 10.0.